The van der Waals surface area contributed by atoms with E-state index in [-0.39, 0.29) is 24.0 Å². The maximum absolute atomic E-state index is 11.4. The van der Waals surface area contributed by atoms with Gasteiger partial charge in [0.1, 0.15) is 18.0 Å². The number of aliphatic imine (C=N–C) groups is 1. The minimum absolute atomic E-state index is 0.0195. The number of carbonyl (C=O) groups excluding carboxylic acids is 1. The van der Waals surface area contributed by atoms with Gasteiger partial charge < -0.3 is 10.1 Å². The molecule has 0 bridgehead atoms. The van der Waals surface area contributed by atoms with Crippen LogP contribution < -0.4 is 5.32 Å². The van der Waals surface area contributed by atoms with Crippen molar-refractivity contribution in [2.24, 2.45) is 10.9 Å². The van der Waals surface area contributed by atoms with Gasteiger partial charge in [-0.15, -0.1) is 0 Å². The number of carbonyl (C=O) groups is 1. The van der Waals surface area contributed by atoms with E-state index in [1.165, 1.54) is 0 Å². The Labute approximate surface area is 78.4 Å². The molecule has 0 radical (unpaired) electrons. The van der Waals surface area contributed by atoms with Crippen LogP contribution in [0.5, 0.6) is 0 Å². The van der Waals surface area contributed by atoms with E-state index in [0.29, 0.717) is 5.84 Å². The molecule has 2 atom stereocenters. The first-order valence-corrected chi connectivity index (χ1v) is 4.47. The molecular formula is C9H16N2O2. The molecule has 0 aromatic heterocycles. The van der Waals surface area contributed by atoms with Crippen LogP contribution in [0.3, 0.4) is 0 Å². The molecule has 0 aliphatic carbocycles. The maximum Gasteiger partial charge on any atom is 0.250 e. The Morgan fingerprint density at radius 1 is 1.46 bits per heavy atom. The van der Waals surface area contributed by atoms with Crippen molar-refractivity contribution in [2.75, 3.05) is 7.11 Å². The molecule has 0 fully saturated rings. The van der Waals surface area contributed by atoms with Crippen LogP contribution in [0.1, 0.15) is 20.8 Å². The van der Waals surface area contributed by atoms with Crippen LogP contribution in [0.25, 0.3) is 0 Å². The zero-order chi connectivity index (χ0) is 10.0. The van der Waals surface area contributed by atoms with Crippen LogP contribution in [0.2, 0.25) is 0 Å². The smallest absolute Gasteiger partial charge is 0.250 e. The van der Waals surface area contributed by atoms with Crippen molar-refractivity contribution >= 4 is 11.7 Å². The maximum atomic E-state index is 11.4. The van der Waals surface area contributed by atoms with Crippen molar-refractivity contribution < 1.29 is 9.53 Å². The zero-order valence-corrected chi connectivity index (χ0v) is 8.50. The fraction of sp³-hybridized carbons (Fsp3) is 0.778. The fourth-order valence-corrected chi connectivity index (χ4v) is 1.21. The number of hydrogen-bond acceptors (Lipinski definition) is 3. The van der Waals surface area contributed by atoms with E-state index in [9.17, 15) is 4.79 Å². The number of ether oxygens (including phenoxy) is 1. The van der Waals surface area contributed by atoms with E-state index < -0.39 is 0 Å². The fourth-order valence-electron chi connectivity index (χ4n) is 1.21. The van der Waals surface area contributed by atoms with Gasteiger partial charge in [-0.25, -0.2) is 0 Å². The summed E-state index contributed by atoms with van der Waals surface area (Å²) < 4.78 is 5.06. The molecule has 74 valence electrons. The molecule has 4 heteroatoms. The lowest BCUT2D eigenvalue weighted by Crippen LogP contribution is -2.35. The molecule has 13 heavy (non-hydrogen) atoms. The molecule has 1 amide bonds. The first-order chi connectivity index (χ1) is 6.06. The highest BCUT2D eigenvalue weighted by molar-refractivity contribution is 6.07. The van der Waals surface area contributed by atoms with Gasteiger partial charge in [0, 0.05) is 7.11 Å². The van der Waals surface area contributed by atoms with Gasteiger partial charge in [-0.2, -0.15) is 0 Å². The third kappa shape index (κ3) is 2.06. The molecular weight excluding hydrogens is 168 g/mol. The number of nitrogens with one attached hydrogen (secondary N) is 1. The summed E-state index contributed by atoms with van der Waals surface area (Å²) in [7, 11) is 1.60. The highest BCUT2D eigenvalue weighted by atomic mass is 16.5. The van der Waals surface area contributed by atoms with Gasteiger partial charge in [0.25, 0.3) is 0 Å². The van der Waals surface area contributed by atoms with Crippen LogP contribution in [0.15, 0.2) is 4.99 Å². The summed E-state index contributed by atoms with van der Waals surface area (Å²) in [5.41, 5.74) is 0. The van der Waals surface area contributed by atoms with Gasteiger partial charge in [0.15, 0.2) is 0 Å². The molecule has 0 saturated heterocycles. The van der Waals surface area contributed by atoms with Crippen molar-refractivity contribution in [2.45, 2.75) is 32.9 Å². The Morgan fingerprint density at radius 2 is 2.08 bits per heavy atom. The zero-order valence-electron chi connectivity index (χ0n) is 8.50. The van der Waals surface area contributed by atoms with E-state index in [1.807, 2.05) is 20.8 Å². The molecule has 0 aromatic carbocycles. The Kier molecular flexibility index (Phi) is 3.03. The lowest BCUT2D eigenvalue weighted by molar-refractivity contribution is -0.120. The number of amides is 1. The summed E-state index contributed by atoms with van der Waals surface area (Å²) in [4.78, 5) is 15.6. The minimum Gasteiger partial charge on any atom is -0.374 e. The lowest BCUT2D eigenvalue weighted by Gasteiger charge is -2.07. The third-order valence-corrected chi connectivity index (χ3v) is 2.17. The highest BCUT2D eigenvalue weighted by Gasteiger charge is 2.30. The van der Waals surface area contributed by atoms with Crippen LogP contribution in [-0.4, -0.2) is 31.0 Å². The van der Waals surface area contributed by atoms with Crippen molar-refractivity contribution in [3.8, 4) is 0 Å². The molecule has 0 saturated carbocycles. The lowest BCUT2D eigenvalue weighted by atomic mass is 10.1. The molecule has 1 rings (SSSR count). The molecule has 2 unspecified atom stereocenters. The average molecular weight is 184 g/mol. The predicted molar refractivity (Wildman–Crippen MR) is 50.7 cm³/mol. The van der Waals surface area contributed by atoms with Gasteiger partial charge in [0.2, 0.25) is 5.91 Å². The van der Waals surface area contributed by atoms with Gasteiger partial charge in [-0.3, -0.25) is 9.79 Å². The Bertz CT molecular complexity index is 236. The van der Waals surface area contributed by atoms with E-state index in [0.717, 1.165) is 0 Å². The van der Waals surface area contributed by atoms with Crippen LogP contribution >= 0.6 is 0 Å². The summed E-state index contributed by atoms with van der Waals surface area (Å²) in [5.74, 6) is 0.863. The molecule has 1 aliphatic heterocycles. The summed E-state index contributed by atoms with van der Waals surface area (Å²) in [6.45, 7) is 5.82. The van der Waals surface area contributed by atoms with E-state index in [2.05, 4.69) is 10.3 Å². The second-order valence-electron chi connectivity index (χ2n) is 3.57. The van der Waals surface area contributed by atoms with Crippen molar-refractivity contribution in [3.63, 3.8) is 0 Å². The van der Waals surface area contributed by atoms with Crippen molar-refractivity contribution in [1.82, 2.24) is 5.32 Å². The van der Waals surface area contributed by atoms with E-state index in [4.69, 9.17) is 4.74 Å². The van der Waals surface area contributed by atoms with Crippen LogP contribution in [0.4, 0.5) is 0 Å². The molecule has 1 N–H and O–H groups in total. The highest BCUT2D eigenvalue weighted by Crippen LogP contribution is 2.12. The number of hydrogen-bond donors (Lipinski definition) is 1. The van der Waals surface area contributed by atoms with Gasteiger partial charge in [-0.1, -0.05) is 13.8 Å². The standard InChI is InChI=1S/C9H16N2O2/c1-5(2)7-9(12)11-8(10-7)6(3)13-4/h5-7H,1-4H3,(H,10,11,12). The molecule has 1 aliphatic rings. The van der Waals surface area contributed by atoms with E-state index in [1.54, 1.807) is 7.11 Å². The number of rotatable bonds is 3. The summed E-state index contributed by atoms with van der Waals surface area (Å²) in [6.07, 6.45) is -0.132. The predicted octanol–water partition coefficient (Wildman–Crippen LogP) is 0.574. The SMILES string of the molecule is COC(C)C1=NC(C(C)C)C(=O)N1. The number of methoxy groups -OCH3 is 1. The number of amidine groups is 1. The normalized spacial score (nSPS) is 24.5. The van der Waals surface area contributed by atoms with Crippen LogP contribution in [0, 0.1) is 5.92 Å². The second kappa shape index (κ2) is 3.87. The first-order valence-electron chi connectivity index (χ1n) is 4.47. The topological polar surface area (TPSA) is 50.7 Å². The van der Waals surface area contributed by atoms with E-state index >= 15 is 0 Å². The minimum atomic E-state index is -0.243. The first kappa shape index (κ1) is 10.2. The largest absolute Gasteiger partial charge is 0.374 e. The Morgan fingerprint density at radius 3 is 2.46 bits per heavy atom. The molecule has 1 heterocycles. The van der Waals surface area contributed by atoms with Gasteiger partial charge >= 0.3 is 0 Å². The number of nitrogens with zero attached hydrogens (tertiary/aromatic N) is 1. The van der Waals surface area contributed by atoms with Gasteiger partial charge in [0.05, 0.1) is 0 Å². The Hall–Kier alpha value is -0.900. The van der Waals surface area contributed by atoms with Crippen molar-refractivity contribution in [3.05, 3.63) is 0 Å². The monoisotopic (exact) mass is 184 g/mol. The third-order valence-electron chi connectivity index (χ3n) is 2.17. The molecule has 4 nitrogen and oxygen atoms in total. The summed E-state index contributed by atoms with van der Waals surface area (Å²) in [6, 6.07) is -0.243. The summed E-state index contributed by atoms with van der Waals surface area (Å²) in [5, 5.41) is 2.72. The Balaban J connectivity index is 2.71. The quantitative estimate of drug-likeness (QED) is 0.697. The van der Waals surface area contributed by atoms with Crippen LogP contribution in [-0.2, 0) is 9.53 Å². The van der Waals surface area contributed by atoms with Crippen molar-refractivity contribution in [1.29, 1.82) is 0 Å². The average Bonchev–Trinajstić information content (AvgIpc) is 2.46. The van der Waals surface area contributed by atoms with Gasteiger partial charge in [-0.05, 0) is 12.8 Å². The summed E-state index contributed by atoms with van der Waals surface area (Å²) >= 11 is 0. The molecule has 0 spiro atoms. The second-order valence-corrected chi connectivity index (χ2v) is 3.57. The molecule has 0 aromatic rings.